The van der Waals surface area contributed by atoms with Crippen LogP contribution in [0.5, 0.6) is 0 Å². The van der Waals surface area contributed by atoms with Gasteiger partial charge in [-0.1, -0.05) is 23.2 Å². The predicted octanol–water partition coefficient (Wildman–Crippen LogP) is 5.12. The van der Waals surface area contributed by atoms with Gasteiger partial charge >= 0.3 is 18.1 Å². The zero-order valence-electron chi connectivity index (χ0n) is 21.2. The fourth-order valence-electron chi connectivity index (χ4n) is 4.52. The third-order valence-corrected chi connectivity index (χ3v) is 7.95. The number of hydrogen-bond acceptors (Lipinski definition) is 8. The van der Waals surface area contributed by atoms with E-state index in [1.54, 1.807) is 40.4 Å². The molecule has 18 heteroatoms. The minimum Gasteiger partial charge on any atom is -0.477 e. The minimum atomic E-state index is -5.08. The van der Waals surface area contributed by atoms with E-state index in [2.05, 4.69) is 25.5 Å². The second kappa shape index (κ2) is 11.6. The van der Waals surface area contributed by atoms with E-state index < -0.39 is 18.1 Å². The van der Waals surface area contributed by atoms with E-state index in [-0.39, 0.29) is 16.5 Å². The van der Waals surface area contributed by atoms with Crippen molar-refractivity contribution in [1.29, 1.82) is 0 Å². The summed E-state index contributed by atoms with van der Waals surface area (Å²) in [6, 6.07) is 7.97. The highest BCUT2D eigenvalue weighted by Gasteiger charge is 2.38. The van der Waals surface area contributed by atoms with Crippen molar-refractivity contribution in [1.82, 2.24) is 34.7 Å². The number of benzene rings is 1. The Kier molecular flexibility index (Phi) is 8.09. The maximum absolute atomic E-state index is 13.4. The van der Waals surface area contributed by atoms with Gasteiger partial charge in [0.2, 0.25) is 0 Å². The molecule has 5 heterocycles. The van der Waals surface area contributed by atoms with Gasteiger partial charge in [-0.3, -0.25) is 4.79 Å². The first kappa shape index (κ1) is 29.9. The second-order valence-electron chi connectivity index (χ2n) is 8.99. The van der Waals surface area contributed by atoms with Gasteiger partial charge in [-0.05, 0) is 47.5 Å². The standard InChI is InChI=1S/C23H15Cl2N7O3S.C2HF3O2/c24-12-1-2-16(31-10-27-29-30-31)13(6-12)14-7-20(33)32-17(21(14)25)3-4-18(32)22-26-8-15(28-22)11-5-19(23(34)35)36-9-11;3-2(4,5)1(6)7/h1-2,5-10,18H,3-4H2,(H,26,28)(H,34,35);(H,6,7)/t18-;/m0./s1. The molecule has 0 bridgehead atoms. The quantitative estimate of drug-likeness (QED) is 0.233. The zero-order valence-corrected chi connectivity index (χ0v) is 23.5. The molecule has 1 atom stereocenters. The number of H-pyrrole nitrogens is 1. The van der Waals surface area contributed by atoms with Crippen molar-refractivity contribution in [2.24, 2.45) is 0 Å². The molecule has 0 unspecified atom stereocenters. The van der Waals surface area contributed by atoms with Crippen molar-refractivity contribution in [2.45, 2.75) is 25.1 Å². The molecule has 3 N–H and O–H groups in total. The highest BCUT2D eigenvalue weighted by atomic mass is 35.5. The molecule has 0 aliphatic carbocycles. The van der Waals surface area contributed by atoms with E-state index >= 15 is 0 Å². The fourth-order valence-corrected chi connectivity index (χ4v) is 5.78. The molecule has 5 aromatic rings. The summed E-state index contributed by atoms with van der Waals surface area (Å²) >= 11 is 14.3. The second-order valence-corrected chi connectivity index (χ2v) is 10.7. The van der Waals surface area contributed by atoms with Crippen LogP contribution in [0.25, 0.3) is 28.1 Å². The van der Waals surface area contributed by atoms with Crippen LogP contribution in [0.1, 0.15) is 33.7 Å². The number of pyridine rings is 1. The number of halogens is 5. The lowest BCUT2D eigenvalue weighted by Gasteiger charge is -2.17. The van der Waals surface area contributed by atoms with Gasteiger partial charge < -0.3 is 19.8 Å². The van der Waals surface area contributed by atoms with Crippen molar-refractivity contribution in [3.05, 3.63) is 85.0 Å². The Balaban J connectivity index is 0.000000472. The average Bonchev–Trinajstić information content (AvgIpc) is 3.76. The van der Waals surface area contributed by atoms with E-state index in [9.17, 15) is 27.9 Å². The summed E-state index contributed by atoms with van der Waals surface area (Å²) in [5.41, 5.74) is 3.70. The summed E-state index contributed by atoms with van der Waals surface area (Å²) < 4.78 is 34.9. The number of rotatable bonds is 5. The first-order valence-electron chi connectivity index (χ1n) is 12.0. The molecule has 0 fully saturated rings. The molecule has 0 radical (unpaired) electrons. The molecule has 222 valence electrons. The van der Waals surface area contributed by atoms with Gasteiger partial charge in [-0.15, -0.1) is 16.4 Å². The van der Waals surface area contributed by atoms with E-state index in [0.717, 1.165) is 16.9 Å². The van der Waals surface area contributed by atoms with Gasteiger partial charge in [0, 0.05) is 38.9 Å². The number of nitrogens with zero attached hydrogens (tertiary/aromatic N) is 6. The van der Waals surface area contributed by atoms with Crippen LogP contribution >= 0.6 is 34.5 Å². The van der Waals surface area contributed by atoms with E-state index in [1.165, 1.54) is 17.1 Å². The lowest BCUT2D eigenvalue weighted by Crippen LogP contribution is -2.24. The Bertz CT molecular complexity index is 1900. The van der Waals surface area contributed by atoms with Gasteiger partial charge in [-0.25, -0.2) is 14.6 Å². The molecular formula is C25H16Cl2F3N7O5S. The smallest absolute Gasteiger partial charge is 0.477 e. The summed E-state index contributed by atoms with van der Waals surface area (Å²) in [7, 11) is 0. The number of aliphatic carboxylic acids is 1. The molecule has 1 aliphatic heterocycles. The van der Waals surface area contributed by atoms with Crippen LogP contribution in [0.3, 0.4) is 0 Å². The number of carboxylic acid groups (broad SMARTS) is 2. The van der Waals surface area contributed by atoms with Crippen LogP contribution in [0.2, 0.25) is 10.0 Å². The maximum Gasteiger partial charge on any atom is 0.490 e. The number of fused-ring (bicyclic) bond motifs is 1. The number of nitrogens with one attached hydrogen (secondary N) is 1. The van der Waals surface area contributed by atoms with Crippen LogP contribution < -0.4 is 5.56 Å². The summed E-state index contributed by atoms with van der Waals surface area (Å²) in [6.07, 6.45) is -0.777. The fraction of sp³-hybridized carbons (Fsp3) is 0.160. The van der Waals surface area contributed by atoms with Crippen LogP contribution in [0.4, 0.5) is 13.2 Å². The van der Waals surface area contributed by atoms with Crippen molar-refractivity contribution >= 4 is 46.5 Å². The van der Waals surface area contributed by atoms with Crippen molar-refractivity contribution in [3.8, 4) is 28.1 Å². The van der Waals surface area contributed by atoms with E-state index in [1.807, 2.05) is 0 Å². The highest BCUT2D eigenvalue weighted by Crippen LogP contribution is 2.40. The number of hydrogen-bond donors (Lipinski definition) is 3. The summed E-state index contributed by atoms with van der Waals surface area (Å²) in [6.45, 7) is 0. The Labute approximate surface area is 252 Å². The maximum atomic E-state index is 13.4. The number of carbonyl (C=O) groups is 2. The normalized spacial score (nSPS) is 14.2. The summed E-state index contributed by atoms with van der Waals surface area (Å²) in [5.74, 6) is -3.13. The first-order valence-corrected chi connectivity index (χ1v) is 13.6. The molecule has 0 saturated carbocycles. The van der Waals surface area contributed by atoms with Gasteiger partial charge in [0.25, 0.3) is 5.56 Å². The molecule has 0 amide bonds. The number of carboxylic acids is 2. The molecule has 0 spiro atoms. The van der Waals surface area contributed by atoms with Gasteiger partial charge in [0.05, 0.1) is 28.6 Å². The number of thiophene rings is 1. The predicted molar refractivity (Wildman–Crippen MR) is 148 cm³/mol. The van der Waals surface area contributed by atoms with Crippen molar-refractivity contribution in [2.75, 3.05) is 0 Å². The van der Waals surface area contributed by atoms with Crippen molar-refractivity contribution in [3.63, 3.8) is 0 Å². The topological polar surface area (TPSA) is 169 Å². The zero-order chi connectivity index (χ0) is 31.1. The molecule has 6 rings (SSSR count). The number of tetrazole rings is 1. The van der Waals surface area contributed by atoms with Crippen LogP contribution in [0, 0.1) is 0 Å². The molecular weight excluding hydrogens is 638 g/mol. The van der Waals surface area contributed by atoms with E-state index in [4.69, 9.17) is 33.1 Å². The van der Waals surface area contributed by atoms with Gasteiger partial charge in [0.1, 0.15) is 17.0 Å². The van der Waals surface area contributed by atoms with Gasteiger partial charge in [0.15, 0.2) is 0 Å². The average molecular weight is 654 g/mol. The molecule has 12 nitrogen and oxygen atoms in total. The van der Waals surface area contributed by atoms with Gasteiger partial charge in [-0.2, -0.15) is 17.9 Å². The third-order valence-electron chi connectivity index (χ3n) is 6.37. The highest BCUT2D eigenvalue weighted by molar-refractivity contribution is 7.12. The molecule has 1 aromatic carbocycles. The Morgan fingerprint density at radius 2 is 1.86 bits per heavy atom. The Hall–Kier alpha value is -4.54. The van der Waals surface area contributed by atoms with Crippen LogP contribution in [-0.4, -0.2) is 63.1 Å². The SMILES string of the molecule is O=C(O)C(F)(F)F.O=C(O)c1cc(-c2cnc([C@@H]3CCc4c(Cl)c(-c5cc(Cl)ccc5-n5cnnn5)cc(=O)n43)[nH]2)cs1. The Morgan fingerprint density at radius 3 is 2.49 bits per heavy atom. The lowest BCUT2D eigenvalue weighted by molar-refractivity contribution is -0.192. The molecule has 0 saturated heterocycles. The molecule has 1 aliphatic rings. The number of alkyl halides is 3. The minimum absolute atomic E-state index is 0.226. The monoisotopic (exact) mass is 653 g/mol. The first-order chi connectivity index (χ1) is 20.3. The number of aromatic carboxylic acids is 1. The summed E-state index contributed by atoms with van der Waals surface area (Å²) in [4.78, 5) is 41.5. The Morgan fingerprint density at radius 1 is 1.12 bits per heavy atom. The molecule has 4 aromatic heterocycles. The number of aromatic amines is 1. The third kappa shape index (κ3) is 6.02. The van der Waals surface area contributed by atoms with Crippen LogP contribution in [-0.2, 0) is 11.2 Å². The number of imidazole rings is 1. The lowest BCUT2D eigenvalue weighted by atomic mass is 10.0. The summed E-state index contributed by atoms with van der Waals surface area (Å²) in [5, 5.41) is 30.4. The number of aromatic nitrogens is 7. The van der Waals surface area contributed by atoms with Crippen LogP contribution in [0.15, 0.2) is 53.0 Å². The van der Waals surface area contributed by atoms with E-state index in [0.29, 0.717) is 56.9 Å². The largest absolute Gasteiger partial charge is 0.490 e. The molecule has 43 heavy (non-hydrogen) atoms. The van der Waals surface area contributed by atoms with Crippen molar-refractivity contribution < 1.29 is 33.0 Å².